The molecule has 6 nitrogen and oxygen atoms in total. The zero-order chi connectivity index (χ0) is 23.5. The molecule has 0 radical (unpaired) electrons. The van der Waals surface area contributed by atoms with Crippen LogP contribution in [0.1, 0.15) is 15.9 Å². The molecule has 3 aromatic carbocycles. The average molecular weight is 485 g/mol. The monoisotopic (exact) mass is 484 g/mol. The molecule has 0 unspecified atom stereocenters. The Morgan fingerprint density at radius 1 is 0.970 bits per heavy atom. The van der Waals surface area contributed by atoms with Gasteiger partial charge in [-0.15, -0.1) is 23.2 Å². The molecular formula is C25H26Cl2N4O2. The van der Waals surface area contributed by atoms with Gasteiger partial charge in [-0.2, -0.15) is 5.10 Å². The number of nitrogens with zero attached hydrogens (tertiary/aromatic N) is 2. The summed E-state index contributed by atoms with van der Waals surface area (Å²) < 4.78 is 5.18. The number of hydrogen-bond acceptors (Lipinski definition) is 5. The molecule has 8 heteroatoms. The summed E-state index contributed by atoms with van der Waals surface area (Å²) in [6.07, 6.45) is 1.61. The Bertz CT molecular complexity index is 1050. The third kappa shape index (κ3) is 7.14. The van der Waals surface area contributed by atoms with Gasteiger partial charge in [0, 0.05) is 36.2 Å². The summed E-state index contributed by atoms with van der Waals surface area (Å²) in [4.78, 5) is 14.8. The SMILES string of the molecule is COc1ccc(Nc2ccccc2C(=O)N/N=C/c2ccc(N(CCCl)CCCl)cc2)cc1. The van der Waals surface area contributed by atoms with Crippen molar-refractivity contribution >= 4 is 52.4 Å². The van der Waals surface area contributed by atoms with E-state index in [4.69, 9.17) is 27.9 Å². The van der Waals surface area contributed by atoms with Gasteiger partial charge in [-0.1, -0.05) is 24.3 Å². The van der Waals surface area contributed by atoms with Crippen LogP contribution >= 0.6 is 23.2 Å². The van der Waals surface area contributed by atoms with Crippen molar-refractivity contribution < 1.29 is 9.53 Å². The topological polar surface area (TPSA) is 66.0 Å². The standard InChI is InChI=1S/C25H26Cl2N4O2/c1-33-22-12-8-20(9-13-22)29-24-5-3-2-4-23(24)25(32)30-28-18-19-6-10-21(11-7-19)31(16-14-26)17-15-27/h2-13,18,29H,14-17H2,1H3,(H,30,32)/b28-18+. The summed E-state index contributed by atoms with van der Waals surface area (Å²) >= 11 is 11.7. The quantitative estimate of drug-likeness (QED) is 0.214. The second-order valence-electron chi connectivity index (χ2n) is 7.05. The second kappa shape index (κ2) is 12.7. The number of hydrazone groups is 1. The molecule has 0 aliphatic heterocycles. The molecule has 0 aromatic heterocycles. The van der Waals surface area contributed by atoms with Gasteiger partial charge in [0.2, 0.25) is 0 Å². The summed E-state index contributed by atoms with van der Waals surface area (Å²) in [6.45, 7) is 1.45. The minimum atomic E-state index is -0.310. The van der Waals surface area contributed by atoms with Crippen LogP contribution in [0, 0.1) is 0 Å². The molecule has 1 amide bonds. The van der Waals surface area contributed by atoms with Crippen LogP contribution in [0.5, 0.6) is 5.75 Å². The largest absolute Gasteiger partial charge is 0.497 e. The molecule has 0 aliphatic carbocycles. The Labute approximate surface area is 204 Å². The maximum atomic E-state index is 12.7. The predicted molar refractivity (Wildman–Crippen MR) is 138 cm³/mol. The first-order valence-electron chi connectivity index (χ1n) is 10.4. The number of para-hydroxylation sites is 1. The summed E-state index contributed by atoms with van der Waals surface area (Å²) in [5.74, 6) is 1.51. The summed E-state index contributed by atoms with van der Waals surface area (Å²) in [6, 6.07) is 22.6. The van der Waals surface area contributed by atoms with E-state index >= 15 is 0 Å². The number of anilines is 3. The van der Waals surface area contributed by atoms with Crippen molar-refractivity contribution in [2.45, 2.75) is 0 Å². The molecule has 33 heavy (non-hydrogen) atoms. The van der Waals surface area contributed by atoms with Crippen LogP contribution in [0.15, 0.2) is 77.9 Å². The van der Waals surface area contributed by atoms with Crippen molar-refractivity contribution in [2.75, 3.05) is 42.2 Å². The van der Waals surface area contributed by atoms with Crippen LogP contribution in [0.3, 0.4) is 0 Å². The maximum Gasteiger partial charge on any atom is 0.273 e. The van der Waals surface area contributed by atoms with Gasteiger partial charge in [0.25, 0.3) is 5.91 Å². The summed E-state index contributed by atoms with van der Waals surface area (Å²) in [5, 5.41) is 7.37. The smallest absolute Gasteiger partial charge is 0.273 e. The molecule has 0 bridgehead atoms. The predicted octanol–water partition coefficient (Wildman–Crippen LogP) is 5.49. The highest BCUT2D eigenvalue weighted by molar-refractivity contribution is 6.18. The summed E-state index contributed by atoms with van der Waals surface area (Å²) in [5.41, 5.74) is 6.50. The first-order valence-corrected chi connectivity index (χ1v) is 11.5. The van der Waals surface area contributed by atoms with E-state index in [0.717, 1.165) is 35.8 Å². The number of methoxy groups -OCH3 is 1. The minimum absolute atomic E-state index is 0.310. The van der Waals surface area contributed by atoms with Crippen molar-refractivity contribution in [3.05, 3.63) is 83.9 Å². The molecule has 0 spiro atoms. The van der Waals surface area contributed by atoms with Crippen LogP contribution < -0.4 is 20.4 Å². The minimum Gasteiger partial charge on any atom is -0.497 e. The number of ether oxygens (including phenoxy) is 1. The number of nitrogens with one attached hydrogen (secondary N) is 2. The lowest BCUT2D eigenvalue weighted by Gasteiger charge is -2.22. The Balaban J connectivity index is 1.63. The molecule has 2 N–H and O–H groups in total. The van der Waals surface area contributed by atoms with E-state index in [2.05, 4.69) is 20.7 Å². The van der Waals surface area contributed by atoms with Crippen molar-refractivity contribution in [3.8, 4) is 5.75 Å². The number of amides is 1. The molecule has 0 saturated carbocycles. The molecular weight excluding hydrogens is 459 g/mol. The van der Waals surface area contributed by atoms with E-state index in [0.29, 0.717) is 23.0 Å². The lowest BCUT2D eigenvalue weighted by molar-refractivity contribution is 0.0956. The summed E-state index contributed by atoms with van der Waals surface area (Å²) in [7, 11) is 1.62. The molecule has 0 heterocycles. The Morgan fingerprint density at radius 3 is 2.27 bits per heavy atom. The van der Waals surface area contributed by atoms with Gasteiger partial charge in [-0.25, -0.2) is 5.43 Å². The number of carbonyl (C=O) groups excluding carboxylic acids is 1. The fourth-order valence-electron chi connectivity index (χ4n) is 3.19. The molecule has 0 saturated heterocycles. The first-order chi connectivity index (χ1) is 16.1. The van der Waals surface area contributed by atoms with Crippen LogP contribution in [-0.2, 0) is 0 Å². The Kier molecular flexibility index (Phi) is 9.42. The first kappa shape index (κ1) is 24.4. The van der Waals surface area contributed by atoms with Crippen molar-refractivity contribution in [1.29, 1.82) is 0 Å². The fraction of sp³-hybridized carbons (Fsp3) is 0.200. The van der Waals surface area contributed by atoms with Gasteiger partial charge in [-0.05, 0) is 54.1 Å². The third-order valence-electron chi connectivity index (χ3n) is 4.89. The van der Waals surface area contributed by atoms with Gasteiger partial charge in [0.05, 0.1) is 24.6 Å². The van der Waals surface area contributed by atoms with Crippen LogP contribution in [0.4, 0.5) is 17.1 Å². The Morgan fingerprint density at radius 2 is 1.64 bits per heavy atom. The second-order valence-corrected chi connectivity index (χ2v) is 7.81. The lowest BCUT2D eigenvalue weighted by atomic mass is 10.1. The molecule has 0 fully saturated rings. The van der Waals surface area contributed by atoms with Crippen LogP contribution in [-0.4, -0.2) is 44.1 Å². The number of hydrogen-bond donors (Lipinski definition) is 2. The third-order valence-corrected chi connectivity index (χ3v) is 5.23. The van der Waals surface area contributed by atoms with Gasteiger partial charge in [-0.3, -0.25) is 4.79 Å². The number of benzene rings is 3. The van der Waals surface area contributed by atoms with Crippen LogP contribution in [0.2, 0.25) is 0 Å². The molecule has 0 aliphatic rings. The normalized spacial score (nSPS) is 10.8. The molecule has 0 atom stereocenters. The van der Waals surface area contributed by atoms with Crippen LogP contribution in [0.25, 0.3) is 0 Å². The maximum absolute atomic E-state index is 12.7. The van der Waals surface area contributed by atoms with Gasteiger partial charge in [0.15, 0.2) is 0 Å². The van der Waals surface area contributed by atoms with E-state index in [9.17, 15) is 4.79 Å². The van der Waals surface area contributed by atoms with Gasteiger partial charge >= 0.3 is 0 Å². The Hall–Kier alpha value is -3.22. The van der Waals surface area contributed by atoms with E-state index < -0.39 is 0 Å². The fourth-order valence-corrected chi connectivity index (χ4v) is 3.60. The van der Waals surface area contributed by atoms with Gasteiger partial charge in [0.1, 0.15) is 5.75 Å². The van der Waals surface area contributed by atoms with Gasteiger partial charge < -0.3 is 15.0 Å². The average Bonchev–Trinajstić information content (AvgIpc) is 2.85. The highest BCUT2D eigenvalue weighted by Gasteiger charge is 2.10. The lowest BCUT2D eigenvalue weighted by Crippen LogP contribution is -2.27. The highest BCUT2D eigenvalue weighted by atomic mass is 35.5. The zero-order valence-corrected chi connectivity index (χ0v) is 19.8. The zero-order valence-electron chi connectivity index (χ0n) is 18.3. The number of rotatable bonds is 11. The molecule has 172 valence electrons. The van der Waals surface area contributed by atoms with Crippen molar-refractivity contribution in [3.63, 3.8) is 0 Å². The number of alkyl halides is 2. The van der Waals surface area contributed by atoms with Crippen molar-refractivity contribution in [2.24, 2.45) is 5.10 Å². The van der Waals surface area contributed by atoms with Crippen molar-refractivity contribution in [1.82, 2.24) is 5.43 Å². The number of halogens is 2. The number of carbonyl (C=O) groups is 1. The molecule has 3 rings (SSSR count). The highest BCUT2D eigenvalue weighted by Crippen LogP contribution is 2.23. The van der Waals surface area contributed by atoms with E-state index in [1.807, 2.05) is 66.7 Å². The molecule has 3 aromatic rings. The van der Waals surface area contributed by atoms with E-state index in [1.165, 1.54) is 0 Å². The van der Waals surface area contributed by atoms with E-state index in [-0.39, 0.29) is 5.91 Å². The van der Waals surface area contributed by atoms with E-state index in [1.54, 1.807) is 19.4 Å².